The van der Waals surface area contributed by atoms with Gasteiger partial charge in [-0.1, -0.05) is 35.6 Å². The number of hydrogen-bond donors (Lipinski definition) is 3. The molecule has 4 heteroatoms. The minimum Gasteiger partial charge on any atom is -0.379 e. The number of nitrogens with one attached hydrogen (secondary N) is 2. The first-order chi connectivity index (χ1) is 6.62. The van der Waals surface area contributed by atoms with Gasteiger partial charge in [-0.2, -0.15) is 0 Å². The fraction of sp³-hybridized carbons (Fsp3) is 0.917. The van der Waals surface area contributed by atoms with E-state index in [4.69, 9.17) is 5.11 Å². The van der Waals surface area contributed by atoms with Gasteiger partial charge in [0.1, 0.15) is 6.23 Å². The predicted octanol–water partition coefficient (Wildman–Crippen LogP) is 2.13. The minimum atomic E-state index is -0.301. The van der Waals surface area contributed by atoms with Crippen LogP contribution in [0.2, 0.25) is 0 Å². The predicted molar refractivity (Wildman–Crippen MR) is 72.4 cm³/mol. The third-order valence-electron chi connectivity index (χ3n) is 1.52. The van der Waals surface area contributed by atoms with Crippen LogP contribution in [0.1, 0.15) is 55.4 Å². The van der Waals surface area contributed by atoms with E-state index < -0.39 is 0 Å². The molecule has 0 bridgehead atoms. The molecule has 1 amide bonds. The van der Waals surface area contributed by atoms with Crippen molar-refractivity contribution in [2.75, 3.05) is 13.1 Å². The fourth-order valence-electron chi connectivity index (χ4n) is 0.702. The molecule has 0 spiro atoms. The van der Waals surface area contributed by atoms with E-state index in [1.165, 1.54) is 0 Å². The van der Waals surface area contributed by atoms with Gasteiger partial charge in [0.15, 0.2) is 0 Å². The van der Waals surface area contributed by atoms with Crippen LogP contribution in [0.3, 0.4) is 0 Å². The molecule has 4 nitrogen and oxygen atoms in total. The third kappa shape index (κ3) is 23.3. The molecule has 0 aliphatic rings. The Kier molecular flexibility index (Phi) is 30.5. The lowest BCUT2D eigenvalue weighted by molar-refractivity contribution is -0.120. The van der Waals surface area contributed by atoms with E-state index in [1.807, 2.05) is 27.7 Å². The smallest absolute Gasteiger partial charge is 0.219 e. The highest BCUT2D eigenvalue weighted by Crippen LogP contribution is 1.80. The molecule has 3 N–H and O–H groups in total. The molecule has 1 atom stereocenters. The highest BCUT2D eigenvalue weighted by Gasteiger charge is 1.92. The molecule has 0 rings (SSSR count). The molecule has 0 aliphatic carbocycles. The average Bonchev–Trinajstić information content (AvgIpc) is 2.19. The van der Waals surface area contributed by atoms with Crippen LogP contribution in [-0.2, 0) is 4.79 Å². The van der Waals surface area contributed by atoms with E-state index in [1.54, 1.807) is 0 Å². The Bertz CT molecular complexity index is 130. The Balaban J connectivity index is -0.0000000800. The first-order valence-corrected chi connectivity index (χ1v) is 5.30. The van der Waals surface area contributed by atoms with Gasteiger partial charge >= 0.3 is 0 Å². The van der Waals surface area contributed by atoms with Crippen molar-refractivity contribution in [2.45, 2.75) is 61.6 Å². The monoisotopic (exact) mass is 236 g/mol. The average molecular weight is 236 g/mol. The normalized spacial score (nSPS) is 9.81. The van der Waals surface area contributed by atoms with E-state index in [2.05, 4.69) is 10.6 Å². The van der Waals surface area contributed by atoms with Crippen molar-refractivity contribution in [1.29, 1.82) is 0 Å². The van der Waals surface area contributed by atoms with Crippen molar-refractivity contribution in [3.8, 4) is 0 Å². The largest absolute Gasteiger partial charge is 0.379 e. The Morgan fingerprint density at radius 1 is 1.12 bits per heavy atom. The SMILES string of the molecule is C.C.CCNC(=O)CC.CCNC(O)CC. The fourth-order valence-corrected chi connectivity index (χ4v) is 0.702. The van der Waals surface area contributed by atoms with Crippen molar-refractivity contribution in [1.82, 2.24) is 10.6 Å². The van der Waals surface area contributed by atoms with Crippen LogP contribution in [0.4, 0.5) is 0 Å². The van der Waals surface area contributed by atoms with Crippen LogP contribution in [0.15, 0.2) is 0 Å². The lowest BCUT2D eigenvalue weighted by Crippen LogP contribution is -2.26. The number of aliphatic hydroxyl groups excluding tert-OH is 1. The van der Waals surface area contributed by atoms with Crippen molar-refractivity contribution < 1.29 is 9.90 Å². The zero-order chi connectivity index (χ0) is 11.4. The van der Waals surface area contributed by atoms with Gasteiger partial charge in [0.25, 0.3) is 0 Å². The first kappa shape index (κ1) is 24.6. The van der Waals surface area contributed by atoms with Crippen LogP contribution >= 0.6 is 0 Å². The van der Waals surface area contributed by atoms with Crippen molar-refractivity contribution >= 4 is 5.91 Å². The van der Waals surface area contributed by atoms with E-state index >= 15 is 0 Å². The minimum absolute atomic E-state index is 0. The lowest BCUT2D eigenvalue weighted by atomic mass is 10.4. The number of amides is 1. The van der Waals surface area contributed by atoms with Crippen molar-refractivity contribution in [2.24, 2.45) is 0 Å². The summed E-state index contributed by atoms with van der Waals surface area (Å²) in [6, 6.07) is 0. The van der Waals surface area contributed by atoms with E-state index in [0.29, 0.717) is 6.42 Å². The number of rotatable bonds is 5. The molecule has 0 heterocycles. The van der Waals surface area contributed by atoms with Crippen molar-refractivity contribution in [3.63, 3.8) is 0 Å². The standard InChI is InChI=1S/C5H13NO.C5H11NO.2CH4/c2*1-3-5(7)6-4-2;;/h5-7H,3-4H2,1-2H3;3-4H2,1-2H3,(H,6,7);2*1H4. The second-order valence-corrected chi connectivity index (χ2v) is 2.79. The summed E-state index contributed by atoms with van der Waals surface area (Å²) in [5.74, 6) is 0.127. The first-order valence-electron chi connectivity index (χ1n) is 5.30. The Hall–Kier alpha value is -0.610. The van der Waals surface area contributed by atoms with E-state index in [9.17, 15) is 4.79 Å². The second-order valence-electron chi connectivity index (χ2n) is 2.79. The van der Waals surface area contributed by atoms with Gasteiger partial charge in [-0.25, -0.2) is 0 Å². The van der Waals surface area contributed by atoms with Gasteiger partial charge in [0.2, 0.25) is 5.91 Å². The summed E-state index contributed by atoms with van der Waals surface area (Å²) < 4.78 is 0. The summed E-state index contributed by atoms with van der Waals surface area (Å²) >= 11 is 0. The zero-order valence-electron chi connectivity index (χ0n) is 9.76. The van der Waals surface area contributed by atoms with Crippen LogP contribution in [0.25, 0.3) is 0 Å². The molecule has 0 aromatic heterocycles. The molecular weight excluding hydrogens is 204 g/mol. The van der Waals surface area contributed by atoms with Crippen molar-refractivity contribution in [3.05, 3.63) is 0 Å². The Morgan fingerprint density at radius 3 is 1.75 bits per heavy atom. The van der Waals surface area contributed by atoms with Gasteiger partial charge in [-0.3, -0.25) is 10.1 Å². The van der Waals surface area contributed by atoms with E-state index in [-0.39, 0.29) is 27.0 Å². The number of carbonyl (C=O) groups excluding carboxylic acids is 1. The molecule has 0 aromatic carbocycles. The molecule has 102 valence electrons. The Labute approximate surface area is 102 Å². The topological polar surface area (TPSA) is 61.4 Å². The maximum atomic E-state index is 10.3. The lowest BCUT2D eigenvalue weighted by Gasteiger charge is -2.05. The molecule has 16 heavy (non-hydrogen) atoms. The summed E-state index contributed by atoms with van der Waals surface area (Å²) in [6.07, 6.45) is 1.08. The summed E-state index contributed by atoms with van der Waals surface area (Å²) in [7, 11) is 0. The van der Waals surface area contributed by atoms with Gasteiger partial charge in [-0.15, -0.1) is 0 Å². The molecule has 0 saturated carbocycles. The van der Waals surface area contributed by atoms with Crippen LogP contribution < -0.4 is 10.6 Å². The maximum Gasteiger partial charge on any atom is 0.219 e. The quantitative estimate of drug-likeness (QED) is 0.641. The Morgan fingerprint density at radius 2 is 1.62 bits per heavy atom. The maximum absolute atomic E-state index is 10.3. The van der Waals surface area contributed by atoms with E-state index in [0.717, 1.165) is 19.5 Å². The van der Waals surface area contributed by atoms with Crippen LogP contribution in [0, 0.1) is 0 Å². The number of aliphatic hydroxyl groups is 1. The van der Waals surface area contributed by atoms with Crippen LogP contribution in [0.5, 0.6) is 0 Å². The molecule has 0 fully saturated rings. The molecular formula is C12H32N2O2. The second kappa shape index (κ2) is 19.9. The molecule has 1 unspecified atom stereocenters. The molecule has 0 radical (unpaired) electrons. The van der Waals surface area contributed by atoms with Gasteiger partial charge in [0.05, 0.1) is 0 Å². The number of hydrogen-bond acceptors (Lipinski definition) is 3. The third-order valence-corrected chi connectivity index (χ3v) is 1.52. The number of carbonyl (C=O) groups is 1. The van der Waals surface area contributed by atoms with Gasteiger partial charge < -0.3 is 10.4 Å². The summed E-state index contributed by atoms with van der Waals surface area (Å²) in [5.41, 5.74) is 0. The zero-order valence-corrected chi connectivity index (χ0v) is 9.76. The summed E-state index contributed by atoms with van der Waals surface area (Å²) in [6.45, 7) is 9.24. The van der Waals surface area contributed by atoms with Gasteiger partial charge in [-0.05, 0) is 19.9 Å². The van der Waals surface area contributed by atoms with Gasteiger partial charge in [0, 0.05) is 13.0 Å². The summed E-state index contributed by atoms with van der Waals surface area (Å²) in [4.78, 5) is 10.3. The van der Waals surface area contributed by atoms with Crippen LogP contribution in [-0.4, -0.2) is 30.3 Å². The highest BCUT2D eigenvalue weighted by molar-refractivity contribution is 5.75. The highest BCUT2D eigenvalue weighted by atomic mass is 16.3. The summed E-state index contributed by atoms with van der Waals surface area (Å²) in [5, 5.41) is 14.3. The molecule has 0 aliphatic heterocycles. The molecule has 0 saturated heterocycles. The molecule has 0 aromatic rings.